The van der Waals surface area contributed by atoms with Crippen molar-refractivity contribution in [1.82, 2.24) is 14.7 Å². The van der Waals surface area contributed by atoms with Crippen molar-refractivity contribution in [3.05, 3.63) is 53.3 Å². The number of nitrogens with one attached hydrogen (secondary N) is 1. The van der Waals surface area contributed by atoms with Crippen LogP contribution in [0.5, 0.6) is 17.4 Å². The fourth-order valence-corrected chi connectivity index (χ4v) is 2.98. The second-order valence-electron chi connectivity index (χ2n) is 5.71. The van der Waals surface area contributed by atoms with Gasteiger partial charge >= 0.3 is 0 Å². The summed E-state index contributed by atoms with van der Waals surface area (Å²) >= 11 is 0. The van der Waals surface area contributed by atoms with Gasteiger partial charge in [0, 0.05) is 30.3 Å². The van der Waals surface area contributed by atoms with E-state index >= 15 is 0 Å². The molecule has 0 unspecified atom stereocenters. The van der Waals surface area contributed by atoms with Crippen molar-refractivity contribution in [2.24, 2.45) is 0 Å². The molecule has 0 saturated carbocycles. The lowest BCUT2D eigenvalue weighted by Crippen LogP contribution is -2.26. The van der Waals surface area contributed by atoms with Gasteiger partial charge in [0.2, 0.25) is 5.88 Å². The van der Waals surface area contributed by atoms with Crippen molar-refractivity contribution >= 4 is 11.6 Å². The Bertz CT molecular complexity index is 964. The molecule has 1 aliphatic rings. The van der Waals surface area contributed by atoms with E-state index in [9.17, 15) is 4.79 Å². The van der Waals surface area contributed by atoms with E-state index in [0.29, 0.717) is 35.0 Å². The van der Waals surface area contributed by atoms with E-state index < -0.39 is 0 Å². The summed E-state index contributed by atoms with van der Waals surface area (Å²) in [5.41, 5.74) is 3.07. The van der Waals surface area contributed by atoms with Gasteiger partial charge in [-0.2, -0.15) is 4.98 Å². The van der Waals surface area contributed by atoms with E-state index in [1.165, 1.54) is 0 Å². The summed E-state index contributed by atoms with van der Waals surface area (Å²) in [5, 5.41) is 11.4. The van der Waals surface area contributed by atoms with Crippen molar-refractivity contribution in [2.75, 3.05) is 20.3 Å². The number of pyridine rings is 1. The minimum Gasteiger partial charge on any atom is -0.493 e. The molecule has 1 aliphatic heterocycles. The molecular weight excluding hydrogens is 322 g/mol. The highest BCUT2D eigenvalue weighted by Gasteiger charge is 2.25. The molecule has 2 aromatic heterocycles. The van der Waals surface area contributed by atoms with E-state index in [0.717, 1.165) is 11.3 Å². The smallest absolute Gasteiger partial charge is 0.251 e. The average Bonchev–Trinajstić information content (AvgIpc) is 3.00. The summed E-state index contributed by atoms with van der Waals surface area (Å²) in [4.78, 5) is 16.6. The number of ether oxygens (including phenoxy) is 2. The number of imidazole rings is 1. The minimum atomic E-state index is -0.247. The summed E-state index contributed by atoms with van der Waals surface area (Å²) in [6.45, 7) is 0.118. The molecular formula is C18H17N3O4. The van der Waals surface area contributed by atoms with Crippen LogP contribution in [-0.2, 0) is 6.42 Å². The first-order valence-corrected chi connectivity index (χ1v) is 7.95. The number of benzene rings is 1. The van der Waals surface area contributed by atoms with E-state index in [4.69, 9.17) is 14.6 Å². The molecule has 0 saturated heterocycles. The third-order valence-electron chi connectivity index (χ3n) is 4.18. The number of aromatic nitrogens is 2. The predicted molar refractivity (Wildman–Crippen MR) is 90.5 cm³/mol. The Morgan fingerprint density at radius 3 is 3.12 bits per heavy atom. The van der Waals surface area contributed by atoms with E-state index in [1.807, 2.05) is 28.8 Å². The number of hydrogen-bond acceptors (Lipinski definition) is 5. The van der Waals surface area contributed by atoms with Crippen LogP contribution in [0.4, 0.5) is 0 Å². The lowest BCUT2D eigenvalue weighted by molar-refractivity contribution is 0.0944. The SMILES string of the molecule is COc1cccc2c1Oc1nc3cc(C(=O)NCCO)ccn3c1C2. The first-order chi connectivity index (χ1) is 12.2. The molecule has 0 spiro atoms. The van der Waals surface area contributed by atoms with Crippen LogP contribution in [0.25, 0.3) is 5.65 Å². The third kappa shape index (κ3) is 2.58. The summed E-state index contributed by atoms with van der Waals surface area (Å²) in [5.74, 6) is 1.62. The predicted octanol–water partition coefficient (Wildman–Crippen LogP) is 1.76. The Morgan fingerprint density at radius 1 is 1.44 bits per heavy atom. The number of aliphatic hydroxyl groups is 1. The zero-order valence-electron chi connectivity index (χ0n) is 13.7. The van der Waals surface area contributed by atoms with E-state index in [1.54, 1.807) is 19.2 Å². The highest BCUT2D eigenvalue weighted by molar-refractivity contribution is 5.95. The van der Waals surface area contributed by atoms with Crippen LogP contribution >= 0.6 is 0 Å². The standard InChI is InChI=1S/C18H17N3O4/c1-24-14-4-2-3-11-9-13-18(25-16(11)14)20-15-10-12(5-7-21(13)15)17(23)19-6-8-22/h2-5,7,10,22H,6,8-9H2,1H3,(H,19,23). The monoisotopic (exact) mass is 339 g/mol. The normalized spacial score (nSPS) is 12.2. The van der Waals surface area contributed by atoms with Crippen LogP contribution in [0.3, 0.4) is 0 Å². The molecule has 25 heavy (non-hydrogen) atoms. The van der Waals surface area contributed by atoms with Crippen LogP contribution < -0.4 is 14.8 Å². The minimum absolute atomic E-state index is 0.0976. The maximum Gasteiger partial charge on any atom is 0.251 e. The first-order valence-electron chi connectivity index (χ1n) is 7.95. The molecule has 0 fully saturated rings. The van der Waals surface area contributed by atoms with Gasteiger partial charge in [-0.1, -0.05) is 12.1 Å². The molecule has 0 bridgehead atoms. The Hall–Kier alpha value is -3.06. The van der Waals surface area contributed by atoms with Crippen molar-refractivity contribution in [3.63, 3.8) is 0 Å². The van der Waals surface area contributed by atoms with Crippen molar-refractivity contribution in [1.29, 1.82) is 0 Å². The van der Waals surface area contributed by atoms with Crippen molar-refractivity contribution < 1.29 is 19.4 Å². The first kappa shape index (κ1) is 15.5. The Morgan fingerprint density at radius 2 is 2.32 bits per heavy atom. The van der Waals surface area contributed by atoms with Crippen LogP contribution in [0, 0.1) is 0 Å². The summed E-state index contributed by atoms with van der Waals surface area (Å²) in [7, 11) is 1.61. The van der Waals surface area contributed by atoms with Crippen LogP contribution in [0.15, 0.2) is 36.5 Å². The molecule has 1 aromatic carbocycles. The molecule has 7 heteroatoms. The zero-order valence-corrected chi connectivity index (χ0v) is 13.7. The number of carbonyl (C=O) groups is 1. The molecule has 0 radical (unpaired) electrons. The number of methoxy groups -OCH3 is 1. The number of fused-ring (bicyclic) bond motifs is 4. The fraction of sp³-hybridized carbons (Fsp3) is 0.222. The highest BCUT2D eigenvalue weighted by Crippen LogP contribution is 2.42. The molecule has 0 aliphatic carbocycles. The summed E-state index contributed by atoms with van der Waals surface area (Å²) in [6.07, 6.45) is 2.47. The van der Waals surface area contributed by atoms with E-state index in [2.05, 4.69) is 10.3 Å². The van der Waals surface area contributed by atoms with Crippen molar-refractivity contribution in [3.8, 4) is 17.4 Å². The van der Waals surface area contributed by atoms with Crippen LogP contribution in [0.2, 0.25) is 0 Å². The van der Waals surface area contributed by atoms with Gasteiger partial charge in [0.25, 0.3) is 5.91 Å². The van der Waals surface area contributed by atoms with Gasteiger partial charge in [-0.15, -0.1) is 0 Å². The molecule has 1 amide bonds. The van der Waals surface area contributed by atoms with Gasteiger partial charge in [0.05, 0.1) is 19.4 Å². The topological polar surface area (TPSA) is 85.1 Å². The summed E-state index contributed by atoms with van der Waals surface area (Å²) < 4.78 is 13.2. The number of para-hydroxylation sites is 1. The Kier molecular flexibility index (Phi) is 3.77. The Balaban J connectivity index is 1.72. The number of nitrogens with zero attached hydrogens (tertiary/aromatic N) is 2. The van der Waals surface area contributed by atoms with Gasteiger partial charge in [0.15, 0.2) is 11.5 Å². The number of amides is 1. The number of carbonyl (C=O) groups excluding carboxylic acids is 1. The second kappa shape index (κ2) is 6.10. The Labute approximate surface area is 143 Å². The van der Waals surface area contributed by atoms with E-state index in [-0.39, 0.29) is 19.1 Å². The lowest BCUT2D eigenvalue weighted by atomic mass is 10.1. The van der Waals surface area contributed by atoms with Gasteiger partial charge < -0.3 is 19.9 Å². The highest BCUT2D eigenvalue weighted by atomic mass is 16.5. The fourth-order valence-electron chi connectivity index (χ4n) is 2.98. The molecule has 3 aromatic rings. The third-order valence-corrected chi connectivity index (χ3v) is 4.18. The molecule has 7 nitrogen and oxygen atoms in total. The maximum absolute atomic E-state index is 12.0. The quantitative estimate of drug-likeness (QED) is 0.592. The van der Waals surface area contributed by atoms with Gasteiger partial charge in [-0.25, -0.2) is 0 Å². The van der Waals surface area contributed by atoms with Crippen LogP contribution in [-0.4, -0.2) is 40.7 Å². The summed E-state index contributed by atoms with van der Waals surface area (Å²) in [6, 6.07) is 9.21. The largest absolute Gasteiger partial charge is 0.493 e. The molecule has 2 N–H and O–H groups in total. The maximum atomic E-state index is 12.0. The number of hydrogen-bond donors (Lipinski definition) is 2. The lowest BCUT2D eigenvalue weighted by Gasteiger charge is -2.18. The molecule has 4 rings (SSSR count). The van der Waals surface area contributed by atoms with Gasteiger partial charge in [-0.3, -0.25) is 9.20 Å². The van der Waals surface area contributed by atoms with Gasteiger partial charge in [0.1, 0.15) is 5.65 Å². The van der Waals surface area contributed by atoms with Crippen molar-refractivity contribution in [2.45, 2.75) is 6.42 Å². The van der Waals surface area contributed by atoms with Crippen LogP contribution in [0.1, 0.15) is 21.6 Å². The van der Waals surface area contributed by atoms with Gasteiger partial charge in [-0.05, 0) is 18.2 Å². The number of rotatable bonds is 4. The second-order valence-corrected chi connectivity index (χ2v) is 5.71. The molecule has 128 valence electrons. The zero-order chi connectivity index (χ0) is 17.4. The molecule has 3 heterocycles. The average molecular weight is 339 g/mol. The molecule has 0 atom stereocenters. The number of aliphatic hydroxyl groups excluding tert-OH is 1.